The highest BCUT2D eigenvalue weighted by Gasteiger charge is 2.26. The van der Waals surface area contributed by atoms with Gasteiger partial charge in [-0.25, -0.2) is 4.98 Å². The second kappa shape index (κ2) is 7.80. The van der Waals surface area contributed by atoms with Crippen molar-refractivity contribution in [3.8, 4) is 0 Å². The highest BCUT2D eigenvalue weighted by Crippen LogP contribution is 2.26. The Morgan fingerprint density at radius 1 is 1.26 bits per heavy atom. The van der Waals surface area contributed by atoms with Crippen molar-refractivity contribution < 1.29 is 4.79 Å². The Kier molecular flexibility index (Phi) is 5.64. The van der Waals surface area contributed by atoms with Crippen LogP contribution in [0.2, 0.25) is 0 Å². The third-order valence-electron chi connectivity index (χ3n) is 5.07. The molecule has 0 aliphatic carbocycles. The number of nitrogens with zero attached hydrogens (tertiary/aromatic N) is 6. The number of imidazole rings is 1. The molecule has 0 spiro atoms. The first kappa shape index (κ1) is 19.5. The van der Waals surface area contributed by atoms with E-state index in [1.807, 2.05) is 40.9 Å². The van der Waals surface area contributed by atoms with E-state index in [4.69, 9.17) is 0 Å². The molecule has 27 heavy (non-hydrogen) atoms. The number of carbonyl (C=O) groups excluding carboxylic acids is 1. The zero-order chi connectivity index (χ0) is 19.6. The van der Waals surface area contributed by atoms with E-state index in [0.717, 1.165) is 43.4 Å². The molecule has 1 aliphatic rings. The molecule has 3 heterocycles. The largest absolute Gasteiger partial charge is 0.350 e. The van der Waals surface area contributed by atoms with Crippen molar-refractivity contribution in [3.63, 3.8) is 0 Å². The summed E-state index contributed by atoms with van der Waals surface area (Å²) >= 11 is 0. The number of rotatable bonds is 5. The minimum absolute atomic E-state index is 0.0950. The summed E-state index contributed by atoms with van der Waals surface area (Å²) in [5, 5.41) is 11.9. The summed E-state index contributed by atoms with van der Waals surface area (Å²) in [4.78, 5) is 18.6. The van der Waals surface area contributed by atoms with E-state index < -0.39 is 0 Å². The van der Waals surface area contributed by atoms with Gasteiger partial charge in [-0.1, -0.05) is 0 Å². The van der Waals surface area contributed by atoms with Gasteiger partial charge in [0.25, 0.3) is 0 Å². The molecule has 1 N–H and O–H groups in total. The van der Waals surface area contributed by atoms with Crippen LogP contribution in [0, 0.1) is 6.92 Å². The molecule has 0 bridgehead atoms. The Morgan fingerprint density at radius 3 is 2.56 bits per heavy atom. The molecule has 0 atom stereocenters. The predicted octanol–water partition coefficient (Wildman–Crippen LogP) is 1.46. The highest BCUT2D eigenvalue weighted by atomic mass is 16.2. The van der Waals surface area contributed by atoms with E-state index in [9.17, 15) is 4.79 Å². The summed E-state index contributed by atoms with van der Waals surface area (Å²) in [6, 6.07) is 0. The van der Waals surface area contributed by atoms with Crippen molar-refractivity contribution in [2.75, 3.05) is 19.6 Å². The van der Waals surface area contributed by atoms with Crippen molar-refractivity contribution in [1.82, 2.24) is 34.5 Å². The Bertz CT molecular complexity index is 778. The fraction of sp³-hybridized carbons (Fsp3) is 0.684. The molecular formula is C19H31N7O. The van der Waals surface area contributed by atoms with Gasteiger partial charge in [-0.2, -0.15) is 0 Å². The number of carbonyl (C=O) groups is 1. The van der Waals surface area contributed by atoms with Gasteiger partial charge in [0.1, 0.15) is 11.6 Å². The van der Waals surface area contributed by atoms with Crippen LogP contribution in [0.4, 0.5) is 0 Å². The summed E-state index contributed by atoms with van der Waals surface area (Å²) in [5.41, 5.74) is -0.183. The molecule has 1 fully saturated rings. The lowest BCUT2D eigenvalue weighted by atomic mass is 9.96. The van der Waals surface area contributed by atoms with Gasteiger partial charge < -0.3 is 14.5 Å². The minimum Gasteiger partial charge on any atom is -0.350 e. The van der Waals surface area contributed by atoms with Crippen LogP contribution in [0.25, 0.3) is 0 Å². The van der Waals surface area contributed by atoms with E-state index in [-0.39, 0.29) is 11.4 Å². The summed E-state index contributed by atoms with van der Waals surface area (Å²) in [5.74, 6) is 3.45. The molecule has 148 valence electrons. The fourth-order valence-corrected chi connectivity index (χ4v) is 3.60. The molecule has 2 aromatic heterocycles. The topological polar surface area (TPSA) is 80.9 Å². The molecule has 8 heteroatoms. The molecule has 2 aromatic rings. The molecule has 1 saturated heterocycles. The fourth-order valence-electron chi connectivity index (χ4n) is 3.60. The summed E-state index contributed by atoms with van der Waals surface area (Å²) in [7, 11) is 2.04. The van der Waals surface area contributed by atoms with E-state index >= 15 is 0 Å². The first-order valence-corrected chi connectivity index (χ1v) is 9.62. The van der Waals surface area contributed by atoms with Crippen LogP contribution in [-0.2, 0) is 18.4 Å². The van der Waals surface area contributed by atoms with Crippen molar-refractivity contribution in [1.29, 1.82) is 0 Å². The Hall–Kier alpha value is -2.22. The SMILES string of the molecule is Cc1nccn1Cc1nnc(C2CCN(CC(=O)NC(C)(C)C)CC2)n1C. The van der Waals surface area contributed by atoms with E-state index in [0.29, 0.717) is 19.0 Å². The van der Waals surface area contributed by atoms with Crippen LogP contribution >= 0.6 is 0 Å². The van der Waals surface area contributed by atoms with Gasteiger partial charge in [0.15, 0.2) is 5.82 Å². The first-order valence-electron chi connectivity index (χ1n) is 9.62. The van der Waals surface area contributed by atoms with Crippen LogP contribution in [0.3, 0.4) is 0 Å². The molecular weight excluding hydrogens is 342 g/mol. The van der Waals surface area contributed by atoms with Crippen LogP contribution in [-0.4, -0.2) is 60.3 Å². The van der Waals surface area contributed by atoms with Crippen LogP contribution in [0.15, 0.2) is 12.4 Å². The number of amides is 1. The number of piperidine rings is 1. The molecule has 1 aliphatic heterocycles. The van der Waals surface area contributed by atoms with Gasteiger partial charge in [-0.3, -0.25) is 9.69 Å². The van der Waals surface area contributed by atoms with Gasteiger partial charge in [0.05, 0.1) is 13.1 Å². The maximum absolute atomic E-state index is 12.1. The average molecular weight is 374 g/mol. The van der Waals surface area contributed by atoms with Crippen molar-refractivity contribution >= 4 is 5.91 Å². The van der Waals surface area contributed by atoms with Gasteiger partial charge >= 0.3 is 0 Å². The van der Waals surface area contributed by atoms with Crippen molar-refractivity contribution in [2.24, 2.45) is 7.05 Å². The predicted molar refractivity (Wildman–Crippen MR) is 103 cm³/mol. The van der Waals surface area contributed by atoms with Gasteiger partial charge in [-0.05, 0) is 53.6 Å². The summed E-state index contributed by atoms with van der Waals surface area (Å²) in [6.07, 6.45) is 5.76. The monoisotopic (exact) mass is 373 g/mol. The third kappa shape index (κ3) is 4.94. The normalized spacial score (nSPS) is 16.6. The van der Waals surface area contributed by atoms with E-state index in [1.165, 1.54) is 0 Å². The van der Waals surface area contributed by atoms with E-state index in [1.54, 1.807) is 6.20 Å². The smallest absolute Gasteiger partial charge is 0.234 e. The van der Waals surface area contributed by atoms with E-state index in [2.05, 4.69) is 34.5 Å². The molecule has 0 aromatic carbocycles. The lowest BCUT2D eigenvalue weighted by Crippen LogP contribution is -2.47. The number of likely N-dealkylation sites (tertiary alicyclic amines) is 1. The third-order valence-corrected chi connectivity index (χ3v) is 5.07. The lowest BCUT2D eigenvalue weighted by Gasteiger charge is -2.32. The molecule has 0 radical (unpaired) electrons. The molecule has 0 saturated carbocycles. The van der Waals surface area contributed by atoms with Crippen LogP contribution in [0.5, 0.6) is 0 Å². The quantitative estimate of drug-likeness (QED) is 0.858. The van der Waals surface area contributed by atoms with Crippen LogP contribution < -0.4 is 5.32 Å². The van der Waals surface area contributed by atoms with Gasteiger partial charge in [0, 0.05) is 30.9 Å². The second-order valence-electron chi connectivity index (χ2n) is 8.48. The van der Waals surface area contributed by atoms with Gasteiger partial charge in [-0.15, -0.1) is 10.2 Å². The highest BCUT2D eigenvalue weighted by molar-refractivity contribution is 5.78. The number of aromatic nitrogens is 5. The minimum atomic E-state index is -0.183. The molecule has 0 unspecified atom stereocenters. The standard InChI is InChI=1S/C19H31N7O/c1-14-20-8-11-26(14)12-16-22-23-18(24(16)5)15-6-9-25(10-7-15)13-17(27)21-19(2,3)4/h8,11,15H,6-7,9-10,12-13H2,1-5H3,(H,21,27). The summed E-state index contributed by atoms with van der Waals surface area (Å²) < 4.78 is 4.19. The molecule has 1 amide bonds. The van der Waals surface area contributed by atoms with Crippen molar-refractivity contribution in [3.05, 3.63) is 29.9 Å². The Balaban J connectivity index is 1.55. The number of nitrogens with one attached hydrogen (secondary N) is 1. The van der Waals surface area contributed by atoms with Crippen LogP contribution in [0.1, 0.15) is 57.0 Å². The maximum atomic E-state index is 12.1. The number of aryl methyl sites for hydroxylation is 1. The summed E-state index contributed by atoms with van der Waals surface area (Å²) in [6.45, 7) is 11.0. The molecule has 3 rings (SSSR count). The number of hydrogen-bond donors (Lipinski definition) is 1. The Morgan fingerprint density at radius 2 is 1.96 bits per heavy atom. The maximum Gasteiger partial charge on any atom is 0.234 e. The average Bonchev–Trinajstić information content (AvgIpc) is 3.14. The zero-order valence-corrected chi connectivity index (χ0v) is 17.1. The lowest BCUT2D eigenvalue weighted by molar-refractivity contribution is -0.123. The molecule has 8 nitrogen and oxygen atoms in total. The first-order chi connectivity index (χ1) is 12.7. The Labute approximate surface area is 161 Å². The number of hydrogen-bond acceptors (Lipinski definition) is 5. The second-order valence-corrected chi connectivity index (χ2v) is 8.48. The zero-order valence-electron chi connectivity index (χ0n) is 17.1. The van der Waals surface area contributed by atoms with Gasteiger partial charge in [0.2, 0.25) is 5.91 Å². The van der Waals surface area contributed by atoms with Crippen molar-refractivity contribution in [2.45, 2.75) is 58.5 Å².